The molecule has 0 atom stereocenters. The van der Waals surface area contributed by atoms with Gasteiger partial charge in [0.2, 0.25) is 10.0 Å². The minimum Gasteiger partial charge on any atom is -0.379 e. The molecule has 2 rings (SSSR count). The molecule has 1 aromatic heterocycles. The van der Waals surface area contributed by atoms with E-state index in [-0.39, 0.29) is 4.90 Å². The monoisotopic (exact) mass is 316 g/mol. The lowest BCUT2D eigenvalue weighted by Gasteiger charge is -2.11. The van der Waals surface area contributed by atoms with E-state index < -0.39 is 10.0 Å². The maximum absolute atomic E-state index is 11.9. The molecular weight excluding hydrogens is 304 g/mol. The van der Waals surface area contributed by atoms with Crippen molar-refractivity contribution in [1.82, 2.24) is 4.72 Å². The molecule has 19 heavy (non-hydrogen) atoms. The molecule has 0 aliphatic carbocycles. The molecule has 0 radical (unpaired) electrons. The van der Waals surface area contributed by atoms with Crippen LogP contribution in [0.5, 0.6) is 0 Å². The Morgan fingerprint density at radius 3 is 2.58 bits per heavy atom. The van der Waals surface area contributed by atoms with Crippen molar-refractivity contribution in [2.45, 2.75) is 11.4 Å². The van der Waals surface area contributed by atoms with Gasteiger partial charge in [0.05, 0.1) is 10.0 Å². The quantitative estimate of drug-likeness (QED) is 0.891. The average molecular weight is 317 g/mol. The Bertz CT molecular complexity index is 668. The minimum absolute atomic E-state index is 0.236. The first kappa shape index (κ1) is 14.3. The predicted molar refractivity (Wildman–Crippen MR) is 79.3 cm³/mol. The Kier molecular flexibility index (Phi) is 4.46. The molecule has 0 aliphatic heterocycles. The van der Waals surface area contributed by atoms with Crippen LogP contribution in [0.25, 0.3) is 0 Å². The van der Waals surface area contributed by atoms with E-state index in [1.54, 1.807) is 24.3 Å². The number of nitrogens with one attached hydrogen (secondary N) is 2. The van der Waals surface area contributed by atoms with Crippen LogP contribution in [0.2, 0.25) is 4.34 Å². The summed E-state index contributed by atoms with van der Waals surface area (Å²) in [6.07, 6.45) is 0. The fourth-order valence-corrected chi connectivity index (χ4v) is 3.52. The number of sulfonamides is 1. The molecule has 1 heterocycles. The van der Waals surface area contributed by atoms with Gasteiger partial charge >= 0.3 is 0 Å². The minimum atomic E-state index is -3.46. The van der Waals surface area contributed by atoms with Crippen LogP contribution in [0.3, 0.4) is 0 Å². The van der Waals surface area contributed by atoms with Crippen LogP contribution in [-0.2, 0) is 16.6 Å². The summed E-state index contributed by atoms with van der Waals surface area (Å²) in [5.41, 5.74) is 0.571. The number of rotatable bonds is 5. The van der Waals surface area contributed by atoms with Gasteiger partial charge in [-0.25, -0.2) is 13.1 Å². The number of hydrogen-bond donors (Lipinski definition) is 2. The standard InChI is InChI=1S/C12H13ClN2O2S2/c1-14-19(16,17)11-5-3-2-4-10(11)15-8-9-6-7-12(13)18-9/h2-7,14-15H,8H2,1H3. The highest BCUT2D eigenvalue weighted by atomic mass is 35.5. The second kappa shape index (κ2) is 5.92. The number of benzene rings is 1. The van der Waals surface area contributed by atoms with Crippen LogP contribution in [0.1, 0.15) is 4.88 Å². The van der Waals surface area contributed by atoms with E-state index in [4.69, 9.17) is 11.6 Å². The van der Waals surface area contributed by atoms with Crippen LogP contribution >= 0.6 is 22.9 Å². The first-order valence-electron chi connectivity index (χ1n) is 5.53. The number of anilines is 1. The molecule has 102 valence electrons. The lowest BCUT2D eigenvalue weighted by molar-refractivity contribution is 0.588. The number of hydrogen-bond acceptors (Lipinski definition) is 4. The Morgan fingerprint density at radius 2 is 1.95 bits per heavy atom. The van der Waals surface area contributed by atoms with Crippen LogP contribution in [0, 0.1) is 0 Å². The summed E-state index contributed by atoms with van der Waals surface area (Å²) in [7, 11) is -2.07. The van der Waals surface area contributed by atoms with Crippen LogP contribution in [-0.4, -0.2) is 15.5 Å². The van der Waals surface area contributed by atoms with Crippen molar-refractivity contribution in [2.75, 3.05) is 12.4 Å². The molecule has 0 fully saturated rings. The molecule has 7 heteroatoms. The van der Waals surface area contributed by atoms with Crippen molar-refractivity contribution in [3.05, 3.63) is 45.6 Å². The molecule has 0 amide bonds. The molecule has 4 nitrogen and oxygen atoms in total. The average Bonchev–Trinajstić information content (AvgIpc) is 2.82. The first-order chi connectivity index (χ1) is 9.03. The highest BCUT2D eigenvalue weighted by Gasteiger charge is 2.15. The van der Waals surface area contributed by atoms with Crippen molar-refractivity contribution < 1.29 is 8.42 Å². The van der Waals surface area contributed by atoms with E-state index >= 15 is 0 Å². The zero-order chi connectivity index (χ0) is 13.9. The largest absolute Gasteiger partial charge is 0.379 e. The molecule has 0 spiro atoms. The Balaban J connectivity index is 2.21. The molecule has 0 saturated heterocycles. The lowest BCUT2D eigenvalue weighted by Crippen LogP contribution is -2.20. The maximum Gasteiger partial charge on any atom is 0.242 e. The van der Waals surface area contributed by atoms with Crippen LogP contribution < -0.4 is 10.0 Å². The summed E-state index contributed by atoms with van der Waals surface area (Å²) >= 11 is 7.32. The maximum atomic E-state index is 11.9. The van der Waals surface area contributed by atoms with Gasteiger partial charge in [-0.2, -0.15) is 0 Å². The van der Waals surface area contributed by atoms with Crippen molar-refractivity contribution in [3.63, 3.8) is 0 Å². The summed E-state index contributed by atoms with van der Waals surface area (Å²) in [6, 6.07) is 10.5. The first-order valence-corrected chi connectivity index (χ1v) is 8.21. The summed E-state index contributed by atoms with van der Waals surface area (Å²) in [5.74, 6) is 0. The van der Waals surface area contributed by atoms with Gasteiger partial charge in [-0.3, -0.25) is 0 Å². The third-order valence-corrected chi connectivity index (χ3v) is 5.23. The second-order valence-electron chi connectivity index (χ2n) is 3.76. The van der Waals surface area contributed by atoms with Crippen molar-refractivity contribution in [2.24, 2.45) is 0 Å². The Morgan fingerprint density at radius 1 is 1.21 bits per heavy atom. The highest BCUT2D eigenvalue weighted by molar-refractivity contribution is 7.89. The van der Waals surface area contributed by atoms with Crippen molar-refractivity contribution in [3.8, 4) is 0 Å². The molecule has 0 bridgehead atoms. The Labute approximate surface area is 121 Å². The zero-order valence-electron chi connectivity index (χ0n) is 10.2. The van der Waals surface area contributed by atoms with Gasteiger partial charge in [-0.05, 0) is 31.3 Å². The topological polar surface area (TPSA) is 58.2 Å². The molecule has 2 N–H and O–H groups in total. The van der Waals surface area contributed by atoms with E-state index in [0.717, 1.165) is 4.88 Å². The summed E-state index contributed by atoms with van der Waals surface area (Å²) in [5, 5.41) is 3.12. The van der Waals surface area contributed by atoms with E-state index in [1.807, 2.05) is 12.1 Å². The van der Waals surface area contributed by atoms with Crippen LogP contribution in [0.15, 0.2) is 41.3 Å². The van der Waals surface area contributed by atoms with E-state index in [2.05, 4.69) is 10.0 Å². The van der Waals surface area contributed by atoms with Crippen LogP contribution in [0.4, 0.5) is 5.69 Å². The number of para-hydroxylation sites is 1. The molecule has 0 saturated carbocycles. The molecule has 0 aliphatic rings. The van der Waals surface area contributed by atoms with Gasteiger partial charge in [0, 0.05) is 11.4 Å². The third-order valence-electron chi connectivity index (χ3n) is 2.53. The van der Waals surface area contributed by atoms with Gasteiger partial charge in [-0.1, -0.05) is 23.7 Å². The molecular formula is C12H13ClN2O2S2. The third kappa shape index (κ3) is 3.48. The summed E-state index contributed by atoms with van der Waals surface area (Å²) in [4.78, 5) is 1.28. The second-order valence-corrected chi connectivity index (χ2v) is 7.42. The SMILES string of the molecule is CNS(=O)(=O)c1ccccc1NCc1ccc(Cl)s1. The van der Waals surface area contributed by atoms with Crippen molar-refractivity contribution >= 4 is 38.6 Å². The van der Waals surface area contributed by atoms with Gasteiger partial charge in [0.15, 0.2) is 0 Å². The summed E-state index contributed by atoms with van der Waals surface area (Å²) in [6.45, 7) is 0.535. The number of halogens is 1. The molecule has 2 aromatic rings. The Hall–Kier alpha value is -1.08. The molecule has 0 unspecified atom stereocenters. The lowest BCUT2D eigenvalue weighted by atomic mass is 10.3. The fraction of sp³-hybridized carbons (Fsp3) is 0.167. The zero-order valence-corrected chi connectivity index (χ0v) is 12.6. The predicted octanol–water partition coefficient (Wildman–Crippen LogP) is 2.92. The van der Waals surface area contributed by atoms with E-state index in [1.165, 1.54) is 18.4 Å². The fourth-order valence-electron chi connectivity index (χ4n) is 1.59. The van der Waals surface area contributed by atoms with Gasteiger partial charge in [0.1, 0.15) is 4.90 Å². The normalized spacial score (nSPS) is 11.5. The summed E-state index contributed by atoms with van der Waals surface area (Å²) < 4.78 is 26.8. The van der Waals surface area contributed by atoms with Gasteiger partial charge in [-0.15, -0.1) is 11.3 Å². The van der Waals surface area contributed by atoms with Crippen molar-refractivity contribution in [1.29, 1.82) is 0 Å². The molecule has 1 aromatic carbocycles. The number of thiophene rings is 1. The highest BCUT2D eigenvalue weighted by Crippen LogP contribution is 2.24. The van der Waals surface area contributed by atoms with E-state index in [0.29, 0.717) is 16.6 Å². The van der Waals surface area contributed by atoms with E-state index in [9.17, 15) is 8.42 Å². The van der Waals surface area contributed by atoms with Gasteiger partial charge in [0.25, 0.3) is 0 Å². The smallest absolute Gasteiger partial charge is 0.242 e. The van der Waals surface area contributed by atoms with Gasteiger partial charge < -0.3 is 5.32 Å².